The fraction of sp³-hybridized carbons (Fsp3) is 1.00. The van der Waals surface area contributed by atoms with Gasteiger partial charge < -0.3 is 10.2 Å². The molecule has 1 saturated heterocycles. The molecule has 4 nitrogen and oxygen atoms in total. The second kappa shape index (κ2) is 8.04. The van der Waals surface area contributed by atoms with E-state index < -0.39 is 12.7 Å². The largest absolute Gasteiger partial charge is 0.401 e. The Hall–Kier alpha value is -0.370. The summed E-state index contributed by atoms with van der Waals surface area (Å²) in [6.45, 7) is 6.22. The van der Waals surface area contributed by atoms with Crippen LogP contribution in [0.1, 0.15) is 0 Å². The number of nitrogens with one attached hydrogen (secondary N) is 1. The second-order valence-electron chi connectivity index (χ2n) is 5.28. The number of likely N-dealkylation sites (N-methyl/N-ethyl adjacent to an activating group) is 1. The van der Waals surface area contributed by atoms with E-state index in [-0.39, 0.29) is 0 Å². The molecule has 0 aromatic carbocycles. The van der Waals surface area contributed by atoms with Crippen LogP contribution in [0.3, 0.4) is 0 Å². The number of piperazine rings is 1. The van der Waals surface area contributed by atoms with Crippen LogP contribution in [0.4, 0.5) is 13.2 Å². The molecule has 0 unspecified atom stereocenters. The first kappa shape index (κ1) is 16.7. The monoisotopic (exact) mass is 282 g/mol. The number of hydrogen-bond acceptors (Lipinski definition) is 4. The Balaban J connectivity index is 2.04. The number of halogens is 3. The number of rotatable bonds is 7. The Kier molecular flexibility index (Phi) is 7.06. The molecule has 19 heavy (non-hydrogen) atoms. The SMILES string of the molecule is CN(C)CCN1CCN(CCNCC(F)(F)F)CC1. The molecule has 1 aliphatic heterocycles. The number of nitrogens with zero attached hydrogens (tertiary/aromatic N) is 3. The summed E-state index contributed by atoms with van der Waals surface area (Å²) in [6, 6.07) is 0. The standard InChI is InChI=1S/C12H25F3N4/c1-17(2)5-6-19-9-7-18(8-10-19)4-3-16-11-12(13,14)15/h16H,3-11H2,1-2H3. The van der Waals surface area contributed by atoms with Crippen molar-refractivity contribution in [1.29, 1.82) is 0 Å². The predicted octanol–water partition coefficient (Wildman–Crippen LogP) is 0.318. The normalized spacial score (nSPS) is 19.3. The van der Waals surface area contributed by atoms with E-state index in [0.717, 1.165) is 39.3 Å². The van der Waals surface area contributed by atoms with Gasteiger partial charge in [-0.15, -0.1) is 0 Å². The Labute approximate surface area is 113 Å². The maximum atomic E-state index is 11.9. The van der Waals surface area contributed by atoms with Crippen molar-refractivity contribution in [3.63, 3.8) is 0 Å². The van der Waals surface area contributed by atoms with Gasteiger partial charge in [-0.3, -0.25) is 9.80 Å². The first-order chi connectivity index (χ1) is 8.87. The van der Waals surface area contributed by atoms with Gasteiger partial charge in [-0.05, 0) is 14.1 Å². The Morgan fingerprint density at radius 1 is 1.00 bits per heavy atom. The molecule has 0 aromatic rings. The van der Waals surface area contributed by atoms with Gasteiger partial charge in [0.15, 0.2) is 0 Å². The molecule has 0 aliphatic carbocycles. The maximum absolute atomic E-state index is 11.9. The lowest BCUT2D eigenvalue weighted by Crippen LogP contribution is -2.49. The third-order valence-corrected chi connectivity index (χ3v) is 3.26. The van der Waals surface area contributed by atoms with E-state index in [0.29, 0.717) is 13.1 Å². The molecule has 0 spiro atoms. The summed E-state index contributed by atoms with van der Waals surface area (Å²) in [5, 5.41) is 2.44. The van der Waals surface area contributed by atoms with Crippen LogP contribution in [0.5, 0.6) is 0 Å². The van der Waals surface area contributed by atoms with Crippen molar-refractivity contribution >= 4 is 0 Å². The topological polar surface area (TPSA) is 21.8 Å². The van der Waals surface area contributed by atoms with Crippen LogP contribution in [0, 0.1) is 0 Å². The highest BCUT2D eigenvalue weighted by molar-refractivity contribution is 4.73. The van der Waals surface area contributed by atoms with Crippen LogP contribution in [-0.2, 0) is 0 Å². The predicted molar refractivity (Wildman–Crippen MR) is 70.4 cm³/mol. The van der Waals surface area contributed by atoms with Crippen molar-refractivity contribution in [1.82, 2.24) is 20.0 Å². The summed E-state index contributed by atoms with van der Waals surface area (Å²) < 4.78 is 35.8. The molecule has 7 heteroatoms. The molecule has 0 aromatic heterocycles. The molecule has 0 saturated carbocycles. The second-order valence-corrected chi connectivity index (χ2v) is 5.28. The third-order valence-electron chi connectivity index (χ3n) is 3.26. The van der Waals surface area contributed by atoms with Gasteiger partial charge in [0.25, 0.3) is 0 Å². The van der Waals surface area contributed by atoms with Crippen molar-refractivity contribution in [2.75, 3.05) is 73.0 Å². The highest BCUT2D eigenvalue weighted by Crippen LogP contribution is 2.11. The number of alkyl halides is 3. The molecule has 1 heterocycles. The Morgan fingerprint density at radius 3 is 2.00 bits per heavy atom. The van der Waals surface area contributed by atoms with E-state index in [4.69, 9.17) is 0 Å². The van der Waals surface area contributed by atoms with E-state index in [9.17, 15) is 13.2 Å². The quantitative estimate of drug-likeness (QED) is 0.679. The Bertz CT molecular complexity index is 238. The molecule has 1 rings (SSSR count). The Morgan fingerprint density at radius 2 is 1.53 bits per heavy atom. The first-order valence-electron chi connectivity index (χ1n) is 6.74. The summed E-state index contributed by atoms with van der Waals surface area (Å²) in [5.41, 5.74) is 0. The average Bonchev–Trinajstić information content (AvgIpc) is 2.32. The van der Waals surface area contributed by atoms with Crippen LogP contribution in [-0.4, -0.2) is 93.9 Å². The third kappa shape index (κ3) is 8.41. The molecule has 1 aliphatic rings. The molecule has 0 bridgehead atoms. The summed E-state index contributed by atoms with van der Waals surface area (Å²) in [4.78, 5) is 6.78. The summed E-state index contributed by atoms with van der Waals surface area (Å²) in [6.07, 6.45) is -4.11. The van der Waals surface area contributed by atoms with Gasteiger partial charge in [-0.1, -0.05) is 0 Å². The lowest BCUT2D eigenvalue weighted by atomic mass is 10.3. The lowest BCUT2D eigenvalue weighted by molar-refractivity contribution is -0.124. The molecule has 1 N–H and O–H groups in total. The zero-order valence-corrected chi connectivity index (χ0v) is 11.8. The molecule has 114 valence electrons. The summed E-state index contributed by atoms with van der Waals surface area (Å²) in [5.74, 6) is 0. The van der Waals surface area contributed by atoms with Gasteiger partial charge in [0.1, 0.15) is 0 Å². The van der Waals surface area contributed by atoms with Crippen molar-refractivity contribution < 1.29 is 13.2 Å². The zero-order chi connectivity index (χ0) is 14.3. The number of hydrogen-bond donors (Lipinski definition) is 1. The van der Waals surface area contributed by atoms with Crippen LogP contribution < -0.4 is 5.32 Å². The van der Waals surface area contributed by atoms with Crippen molar-refractivity contribution in [2.24, 2.45) is 0 Å². The van der Waals surface area contributed by atoms with Crippen LogP contribution >= 0.6 is 0 Å². The van der Waals surface area contributed by atoms with Crippen molar-refractivity contribution in [3.8, 4) is 0 Å². The first-order valence-corrected chi connectivity index (χ1v) is 6.74. The van der Waals surface area contributed by atoms with E-state index in [1.54, 1.807) is 0 Å². The summed E-state index contributed by atoms with van der Waals surface area (Å²) >= 11 is 0. The minimum absolute atomic E-state index is 0.400. The van der Waals surface area contributed by atoms with Crippen LogP contribution in [0.25, 0.3) is 0 Å². The van der Waals surface area contributed by atoms with E-state index in [2.05, 4.69) is 34.1 Å². The van der Waals surface area contributed by atoms with Gasteiger partial charge in [0, 0.05) is 52.4 Å². The molecule has 0 amide bonds. The van der Waals surface area contributed by atoms with E-state index in [1.165, 1.54) is 0 Å². The van der Waals surface area contributed by atoms with Crippen molar-refractivity contribution in [2.45, 2.75) is 6.18 Å². The maximum Gasteiger partial charge on any atom is 0.401 e. The zero-order valence-electron chi connectivity index (χ0n) is 11.8. The summed E-state index contributed by atoms with van der Waals surface area (Å²) in [7, 11) is 4.12. The van der Waals surface area contributed by atoms with Gasteiger partial charge in [0.2, 0.25) is 0 Å². The minimum atomic E-state index is -4.11. The molecular formula is C12H25F3N4. The average molecular weight is 282 g/mol. The molecular weight excluding hydrogens is 257 g/mol. The minimum Gasteiger partial charge on any atom is -0.308 e. The van der Waals surface area contributed by atoms with Crippen LogP contribution in [0.15, 0.2) is 0 Å². The smallest absolute Gasteiger partial charge is 0.308 e. The van der Waals surface area contributed by atoms with Gasteiger partial charge >= 0.3 is 6.18 Å². The highest BCUT2D eigenvalue weighted by Gasteiger charge is 2.26. The van der Waals surface area contributed by atoms with Crippen LogP contribution in [0.2, 0.25) is 0 Å². The molecule has 0 radical (unpaired) electrons. The fourth-order valence-electron chi connectivity index (χ4n) is 2.05. The molecule has 1 fully saturated rings. The highest BCUT2D eigenvalue weighted by atomic mass is 19.4. The van der Waals surface area contributed by atoms with Gasteiger partial charge in [0.05, 0.1) is 6.54 Å². The van der Waals surface area contributed by atoms with Gasteiger partial charge in [-0.2, -0.15) is 13.2 Å². The van der Waals surface area contributed by atoms with Gasteiger partial charge in [-0.25, -0.2) is 0 Å². The van der Waals surface area contributed by atoms with E-state index >= 15 is 0 Å². The lowest BCUT2D eigenvalue weighted by Gasteiger charge is -2.35. The van der Waals surface area contributed by atoms with E-state index in [1.807, 2.05) is 0 Å². The van der Waals surface area contributed by atoms with Crippen molar-refractivity contribution in [3.05, 3.63) is 0 Å². The fourth-order valence-corrected chi connectivity index (χ4v) is 2.05. The molecule has 0 atom stereocenters.